The second kappa shape index (κ2) is 7.87. The molecule has 1 heterocycles. The van der Waals surface area contributed by atoms with E-state index < -0.39 is 0 Å². The number of nitrogens with one attached hydrogen (secondary N) is 1. The van der Waals surface area contributed by atoms with Crippen LogP contribution in [0.25, 0.3) is 11.3 Å². The topological polar surface area (TPSA) is 64.4 Å². The van der Waals surface area contributed by atoms with Crippen LogP contribution in [0, 0.1) is 13.8 Å². The molecule has 3 rings (SSSR count). The average Bonchev–Trinajstić information content (AvgIpc) is 2.96. The maximum absolute atomic E-state index is 12.2. The van der Waals surface area contributed by atoms with Crippen molar-refractivity contribution in [2.75, 3.05) is 11.9 Å². The van der Waals surface area contributed by atoms with Gasteiger partial charge in [0.2, 0.25) is 5.91 Å². The molecule has 0 bridgehead atoms. The van der Waals surface area contributed by atoms with Crippen LogP contribution in [0.4, 0.5) is 5.69 Å². The summed E-state index contributed by atoms with van der Waals surface area (Å²) in [6.45, 7) is 6.29. The van der Waals surface area contributed by atoms with Gasteiger partial charge in [-0.2, -0.15) is 0 Å². The third-order valence-corrected chi connectivity index (χ3v) is 3.94. The summed E-state index contributed by atoms with van der Waals surface area (Å²) in [6, 6.07) is 15.2. The first kappa shape index (κ1) is 17.7. The molecule has 0 spiro atoms. The van der Waals surface area contributed by atoms with Crippen LogP contribution in [-0.4, -0.2) is 17.5 Å². The van der Waals surface area contributed by atoms with Gasteiger partial charge in [0.25, 0.3) is 0 Å². The van der Waals surface area contributed by atoms with Crippen LogP contribution in [0.15, 0.2) is 52.9 Å². The number of benzene rings is 2. The minimum atomic E-state index is -0.0598. The molecule has 0 radical (unpaired) electrons. The molecule has 5 nitrogen and oxygen atoms in total. The van der Waals surface area contributed by atoms with Gasteiger partial charge in [0, 0.05) is 18.2 Å². The zero-order valence-electron chi connectivity index (χ0n) is 15.2. The molecule has 26 heavy (non-hydrogen) atoms. The fraction of sp³-hybridized carbons (Fsp3) is 0.238. The minimum absolute atomic E-state index is 0.0598. The molecule has 0 saturated heterocycles. The van der Waals surface area contributed by atoms with E-state index in [1.807, 2.05) is 69.3 Å². The molecule has 1 amide bonds. The number of amides is 1. The Bertz CT molecular complexity index is 881. The molecule has 0 fully saturated rings. The van der Waals surface area contributed by atoms with Crippen LogP contribution >= 0.6 is 0 Å². The molecule has 1 N–H and O–H groups in total. The fourth-order valence-electron chi connectivity index (χ4n) is 2.77. The van der Waals surface area contributed by atoms with Crippen molar-refractivity contribution in [1.82, 2.24) is 4.98 Å². The van der Waals surface area contributed by atoms with Crippen molar-refractivity contribution < 1.29 is 13.9 Å². The number of ether oxygens (including phenoxy) is 1. The Labute approximate surface area is 153 Å². The third-order valence-electron chi connectivity index (χ3n) is 3.94. The van der Waals surface area contributed by atoms with E-state index in [1.54, 1.807) is 0 Å². The molecule has 0 aliphatic rings. The van der Waals surface area contributed by atoms with Crippen LogP contribution in [0.3, 0.4) is 0 Å². The summed E-state index contributed by atoms with van der Waals surface area (Å²) < 4.78 is 10.9. The third kappa shape index (κ3) is 4.30. The number of rotatable bonds is 6. The Kier molecular flexibility index (Phi) is 5.37. The fourth-order valence-corrected chi connectivity index (χ4v) is 2.77. The molecule has 5 heteroatoms. The summed E-state index contributed by atoms with van der Waals surface area (Å²) >= 11 is 0. The first-order valence-corrected chi connectivity index (χ1v) is 8.61. The lowest BCUT2D eigenvalue weighted by molar-refractivity contribution is -0.115. The number of hydrogen-bond donors (Lipinski definition) is 1. The molecule has 0 unspecified atom stereocenters. The highest BCUT2D eigenvalue weighted by atomic mass is 16.5. The van der Waals surface area contributed by atoms with Crippen molar-refractivity contribution in [3.8, 4) is 17.0 Å². The SMILES string of the molecule is CCOc1ccc(CC(=O)Nc2ccc(-c3nc(C)oc3C)cc2)cc1. The second-order valence-corrected chi connectivity index (χ2v) is 6.02. The molecule has 0 atom stereocenters. The van der Waals surface area contributed by atoms with Crippen LogP contribution in [0.5, 0.6) is 5.75 Å². The highest BCUT2D eigenvalue weighted by molar-refractivity contribution is 5.92. The number of anilines is 1. The second-order valence-electron chi connectivity index (χ2n) is 6.02. The lowest BCUT2D eigenvalue weighted by Gasteiger charge is -2.07. The van der Waals surface area contributed by atoms with Crippen molar-refractivity contribution in [3.05, 3.63) is 65.7 Å². The first-order chi connectivity index (χ1) is 12.5. The normalized spacial score (nSPS) is 10.6. The van der Waals surface area contributed by atoms with Crippen molar-refractivity contribution in [1.29, 1.82) is 0 Å². The highest BCUT2D eigenvalue weighted by Crippen LogP contribution is 2.24. The zero-order valence-corrected chi connectivity index (χ0v) is 15.2. The van der Waals surface area contributed by atoms with Crippen molar-refractivity contribution in [2.24, 2.45) is 0 Å². The van der Waals surface area contributed by atoms with E-state index in [2.05, 4.69) is 10.3 Å². The van der Waals surface area contributed by atoms with E-state index in [4.69, 9.17) is 9.15 Å². The lowest BCUT2D eigenvalue weighted by atomic mass is 10.1. The van der Waals surface area contributed by atoms with Crippen LogP contribution in [0.2, 0.25) is 0 Å². The minimum Gasteiger partial charge on any atom is -0.494 e. The summed E-state index contributed by atoms with van der Waals surface area (Å²) in [6.07, 6.45) is 0.315. The molecule has 0 saturated carbocycles. The number of nitrogens with zero attached hydrogens (tertiary/aromatic N) is 1. The van der Waals surface area contributed by atoms with Gasteiger partial charge in [0.05, 0.1) is 13.0 Å². The number of aromatic nitrogens is 1. The Morgan fingerprint density at radius 1 is 1.08 bits per heavy atom. The summed E-state index contributed by atoms with van der Waals surface area (Å²) in [5.41, 5.74) is 3.48. The Morgan fingerprint density at radius 2 is 1.77 bits per heavy atom. The predicted octanol–water partition coefficient (Wildman–Crippen LogP) is 4.54. The number of oxazole rings is 1. The van der Waals surface area contributed by atoms with Gasteiger partial charge in [-0.05, 0) is 43.7 Å². The summed E-state index contributed by atoms with van der Waals surface area (Å²) in [7, 11) is 0. The van der Waals surface area contributed by atoms with Gasteiger partial charge in [0.15, 0.2) is 5.89 Å². The van der Waals surface area contributed by atoms with Gasteiger partial charge in [-0.3, -0.25) is 4.79 Å². The zero-order chi connectivity index (χ0) is 18.5. The van der Waals surface area contributed by atoms with Crippen molar-refractivity contribution in [2.45, 2.75) is 27.2 Å². The molecule has 134 valence electrons. The average molecular weight is 350 g/mol. The van der Waals surface area contributed by atoms with Crippen molar-refractivity contribution in [3.63, 3.8) is 0 Å². The van der Waals surface area contributed by atoms with Gasteiger partial charge in [-0.15, -0.1) is 0 Å². The largest absolute Gasteiger partial charge is 0.494 e. The summed E-state index contributed by atoms with van der Waals surface area (Å²) in [5.74, 6) is 2.18. The molecule has 1 aromatic heterocycles. The Morgan fingerprint density at radius 3 is 2.35 bits per heavy atom. The maximum atomic E-state index is 12.2. The van der Waals surface area contributed by atoms with E-state index in [0.717, 1.165) is 34.0 Å². The van der Waals surface area contributed by atoms with E-state index in [9.17, 15) is 4.79 Å². The number of carbonyl (C=O) groups is 1. The van der Waals surface area contributed by atoms with Gasteiger partial charge in [0.1, 0.15) is 17.2 Å². The van der Waals surface area contributed by atoms with Gasteiger partial charge in [-0.1, -0.05) is 24.3 Å². The van der Waals surface area contributed by atoms with E-state index in [-0.39, 0.29) is 5.91 Å². The van der Waals surface area contributed by atoms with Crippen molar-refractivity contribution >= 4 is 11.6 Å². The summed E-state index contributed by atoms with van der Waals surface area (Å²) in [5, 5.41) is 2.91. The Hall–Kier alpha value is -3.08. The molecular formula is C21H22N2O3. The standard InChI is InChI=1S/C21H22N2O3/c1-4-25-19-11-5-16(6-12-19)13-20(24)23-18-9-7-17(8-10-18)21-14(2)26-15(3)22-21/h5-12H,4,13H2,1-3H3,(H,23,24). The van der Waals surface area contributed by atoms with E-state index >= 15 is 0 Å². The Balaban J connectivity index is 1.61. The number of hydrogen-bond acceptors (Lipinski definition) is 4. The molecule has 0 aliphatic carbocycles. The number of carbonyl (C=O) groups excluding carboxylic acids is 1. The maximum Gasteiger partial charge on any atom is 0.228 e. The molecule has 0 aliphatic heterocycles. The lowest BCUT2D eigenvalue weighted by Crippen LogP contribution is -2.14. The van der Waals surface area contributed by atoms with Crippen LogP contribution in [-0.2, 0) is 11.2 Å². The number of aryl methyl sites for hydroxylation is 2. The van der Waals surface area contributed by atoms with Gasteiger partial charge < -0.3 is 14.5 Å². The first-order valence-electron chi connectivity index (χ1n) is 8.61. The summed E-state index contributed by atoms with van der Waals surface area (Å²) in [4.78, 5) is 16.6. The quantitative estimate of drug-likeness (QED) is 0.709. The molecular weight excluding hydrogens is 328 g/mol. The molecule has 3 aromatic rings. The van der Waals surface area contributed by atoms with E-state index in [0.29, 0.717) is 18.9 Å². The smallest absolute Gasteiger partial charge is 0.228 e. The monoisotopic (exact) mass is 350 g/mol. The van der Waals surface area contributed by atoms with Crippen LogP contribution < -0.4 is 10.1 Å². The van der Waals surface area contributed by atoms with Crippen LogP contribution in [0.1, 0.15) is 24.1 Å². The predicted molar refractivity (Wildman–Crippen MR) is 101 cm³/mol. The van der Waals surface area contributed by atoms with Gasteiger partial charge in [-0.25, -0.2) is 4.98 Å². The highest BCUT2D eigenvalue weighted by Gasteiger charge is 2.10. The van der Waals surface area contributed by atoms with E-state index in [1.165, 1.54) is 0 Å². The molecule has 2 aromatic carbocycles. The van der Waals surface area contributed by atoms with Gasteiger partial charge >= 0.3 is 0 Å².